The lowest BCUT2D eigenvalue weighted by Gasteiger charge is -2.13. The van der Waals surface area contributed by atoms with Crippen LogP contribution >= 0.6 is 0 Å². The Morgan fingerprint density at radius 3 is 2.19 bits per heavy atom. The molecule has 4 nitrogen and oxygen atoms in total. The van der Waals surface area contributed by atoms with Crippen LogP contribution in [0.5, 0.6) is 0 Å². The summed E-state index contributed by atoms with van der Waals surface area (Å²) in [5.41, 5.74) is 6.47. The maximum Gasteiger partial charge on any atom is 0.266 e. The number of anilines is 1. The van der Waals surface area contributed by atoms with E-state index in [1.165, 1.54) is 0 Å². The number of nitriles is 1. The fourth-order valence-corrected chi connectivity index (χ4v) is 3.78. The number of benzene rings is 3. The average molecular weight is 418 g/mol. The molecule has 0 spiro atoms. The van der Waals surface area contributed by atoms with E-state index in [2.05, 4.69) is 16.0 Å². The Labute approximate surface area is 188 Å². The number of hydrogen-bond donors (Lipinski definition) is 1. The maximum atomic E-state index is 12.9. The van der Waals surface area contributed by atoms with Crippen molar-refractivity contribution < 1.29 is 4.79 Å². The Morgan fingerprint density at radius 2 is 1.53 bits per heavy atom. The predicted octanol–water partition coefficient (Wildman–Crippen LogP) is 6.31. The zero-order chi connectivity index (χ0) is 22.5. The third-order valence-corrected chi connectivity index (χ3v) is 5.33. The molecule has 156 valence electrons. The van der Waals surface area contributed by atoms with Gasteiger partial charge in [-0.15, -0.1) is 0 Å². The molecule has 0 saturated carbocycles. The van der Waals surface area contributed by atoms with Crippen LogP contribution in [0.3, 0.4) is 0 Å². The topological polar surface area (TPSA) is 57.8 Å². The van der Waals surface area contributed by atoms with Crippen LogP contribution < -0.4 is 5.32 Å². The van der Waals surface area contributed by atoms with Crippen molar-refractivity contribution in [3.63, 3.8) is 0 Å². The van der Waals surface area contributed by atoms with E-state index in [4.69, 9.17) is 0 Å². The van der Waals surface area contributed by atoms with Gasteiger partial charge >= 0.3 is 0 Å². The number of carbonyl (C=O) groups excluding carboxylic acids is 1. The largest absolute Gasteiger partial charge is 0.321 e. The van der Waals surface area contributed by atoms with Gasteiger partial charge in [-0.3, -0.25) is 4.79 Å². The van der Waals surface area contributed by atoms with Gasteiger partial charge in [-0.2, -0.15) is 5.26 Å². The van der Waals surface area contributed by atoms with Crippen molar-refractivity contribution in [1.82, 2.24) is 4.57 Å². The van der Waals surface area contributed by atoms with E-state index in [0.717, 1.165) is 33.8 Å². The van der Waals surface area contributed by atoms with Crippen LogP contribution in [-0.4, -0.2) is 10.5 Å². The molecule has 4 heteroatoms. The second-order valence-electron chi connectivity index (χ2n) is 7.57. The lowest BCUT2D eigenvalue weighted by atomic mass is 10.0. The average Bonchev–Trinajstić information content (AvgIpc) is 3.15. The SMILES string of the molecule is Cc1ccccc1NC(=O)/C(C#N)=C\c1cc(C)n(-c2ccccc2)c1-c1ccccc1. The van der Waals surface area contributed by atoms with Gasteiger partial charge in [-0.1, -0.05) is 66.7 Å². The minimum atomic E-state index is -0.425. The monoisotopic (exact) mass is 417 g/mol. The molecular weight excluding hydrogens is 394 g/mol. The smallest absolute Gasteiger partial charge is 0.266 e. The normalized spacial score (nSPS) is 11.1. The highest BCUT2D eigenvalue weighted by molar-refractivity contribution is 6.10. The van der Waals surface area contributed by atoms with Gasteiger partial charge in [0, 0.05) is 22.6 Å². The molecule has 4 aromatic rings. The molecule has 0 bridgehead atoms. The molecule has 0 unspecified atom stereocenters. The van der Waals surface area contributed by atoms with Gasteiger partial charge in [0.2, 0.25) is 0 Å². The van der Waals surface area contributed by atoms with Gasteiger partial charge in [-0.25, -0.2) is 0 Å². The molecule has 0 saturated heterocycles. The van der Waals surface area contributed by atoms with E-state index in [1.807, 2.05) is 105 Å². The van der Waals surface area contributed by atoms with E-state index >= 15 is 0 Å². The van der Waals surface area contributed by atoms with Crippen molar-refractivity contribution in [3.8, 4) is 23.0 Å². The van der Waals surface area contributed by atoms with E-state index in [0.29, 0.717) is 5.69 Å². The van der Waals surface area contributed by atoms with Crippen molar-refractivity contribution in [2.24, 2.45) is 0 Å². The van der Waals surface area contributed by atoms with Crippen molar-refractivity contribution in [2.75, 3.05) is 5.32 Å². The Morgan fingerprint density at radius 1 is 0.906 bits per heavy atom. The van der Waals surface area contributed by atoms with Crippen LogP contribution in [0.15, 0.2) is 96.6 Å². The summed E-state index contributed by atoms with van der Waals surface area (Å²) in [5, 5.41) is 12.6. The minimum absolute atomic E-state index is 0.0515. The van der Waals surface area contributed by atoms with Gasteiger partial charge in [0.15, 0.2) is 0 Å². The number of carbonyl (C=O) groups is 1. The van der Waals surface area contributed by atoms with Crippen molar-refractivity contribution in [1.29, 1.82) is 5.26 Å². The molecule has 1 aromatic heterocycles. The van der Waals surface area contributed by atoms with Crippen LogP contribution in [0.25, 0.3) is 23.0 Å². The third-order valence-electron chi connectivity index (χ3n) is 5.33. The summed E-state index contributed by atoms with van der Waals surface area (Å²) in [7, 11) is 0. The summed E-state index contributed by atoms with van der Waals surface area (Å²) in [6.45, 7) is 3.94. The number of nitrogens with zero attached hydrogens (tertiary/aromatic N) is 2. The predicted molar refractivity (Wildman–Crippen MR) is 129 cm³/mol. The highest BCUT2D eigenvalue weighted by Crippen LogP contribution is 2.32. The number of aryl methyl sites for hydroxylation is 2. The van der Waals surface area contributed by atoms with Gasteiger partial charge in [0.25, 0.3) is 5.91 Å². The molecule has 0 fully saturated rings. The van der Waals surface area contributed by atoms with Crippen LogP contribution in [0.4, 0.5) is 5.69 Å². The number of aromatic nitrogens is 1. The molecule has 1 amide bonds. The molecule has 0 aliphatic heterocycles. The van der Waals surface area contributed by atoms with Gasteiger partial charge < -0.3 is 9.88 Å². The van der Waals surface area contributed by atoms with Crippen LogP contribution in [0, 0.1) is 25.2 Å². The summed E-state index contributed by atoms with van der Waals surface area (Å²) in [4.78, 5) is 12.9. The molecule has 0 aliphatic carbocycles. The molecule has 32 heavy (non-hydrogen) atoms. The Bertz CT molecular complexity index is 1330. The van der Waals surface area contributed by atoms with Gasteiger partial charge in [-0.05, 0) is 55.3 Å². The van der Waals surface area contributed by atoms with Crippen LogP contribution in [-0.2, 0) is 4.79 Å². The lowest BCUT2D eigenvalue weighted by molar-refractivity contribution is -0.112. The Balaban J connectivity index is 1.82. The fourth-order valence-electron chi connectivity index (χ4n) is 3.78. The number of nitrogens with one attached hydrogen (secondary N) is 1. The van der Waals surface area contributed by atoms with Crippen molar-refractivity contribution >= 4 is 17.7 Å². The summed E-state index contributed by atoms with van der Waals surface area (Å²) in [6, 6.07) is 31.7. The molecule has 0 atom stereocenters. The third kappa shape index (κ3) is 4.23. The fraction of sp³-hybridized carbons (Fsp3) is 0.0714. The van der Waals surface area contributed by atoms with E-state index in [9.17, 15) is 10.1 Å². The first-order chi connectivity index (χ1) is 15.6. The van der Waals surface area contributed by atoms with Gasteiger partial charge in [0.05, 0.1) is 5.69 Å². The summed E-state index contributed by atoms with van der Waals surface area (Å²) in [6.07, 6.45) is 1.67. The Kier molecular flexibility index (Phi) is 6.00. The van der Waals surface area contributed by atoms with Gasteiger partial charge in [0.1, 0.15) is 11.6 Å². The van der Waals surface area contributed by atoms with Crippen molar-refractivity contribution in [2.45, 2.75) is 13.8 Å². The molecular formula is C28H23N3O. The molecule has 1 N–H and O–H groups in total. The van der Waals surface area contributed by atoms with Crippen LogP contribution in [0.2, 0.25) is 0 Å². The van der Waals surface area contributed by atoms with Crippen molar-refractivity contribution in [3.05, 3.63) is 113 Å². The van der Waals surface area contributed by atoms with E-state index in [1.54, 1.807) is 6.08 Å². The Hall–Kier alpha value is -4.36. The van der Waals surface area contributed by atoms with E-state index < -0.39 is 5.91 Å². The molecule has 0 radical (unpaired) electrons. The van der Waals surface area contributed by atoms with Crippen LogP contribution in [0.1, 0.15) is 16.8 Å². The minimum Gasteiger partial charge on any atom is -0.321 e. The number of rotatable bonds is 5. The summed E-state index contributed by atoms with van der Waals surface area (Å²) >= 11 is 0. The highest BCUT2D eigenvalue weighted by atomic mass is 16.1. The first-order valence-electron chi connectivity index (χ1n) is 10.4. The molecule has 1 heterocycles. The first-order valence-corrected chi connectivity index (χ1v) is 10.4. The zero-order valence-corrected chi connectivity index (χ0v) is 18.0. The second kappa shape index (κ2) is 9.20. The number of amides is 1. The highest BCUT2D eigenvalue weighted by Gasteiger charge is 2.18. The molecule has 4 rings (SSSR count). The molecule has 0 aliphatic rings. The first kappa shape index (κ1) is 20.9. The zero-order valence-electron chi connectivity index (χ0n) is 18.0. The number of para-hydroxylation sites is 2. The molecule has 3 aromatic carbocycles. The second-order valence-corrected chi connectivity index (χ2v) is 7.57. The quantitative estimate of drug-likeness (QED) is 0.306. The lowest BCUT2D eigenvalue weighted by Crippen LogP contribution is -2.14. The maximum absolute atomic E-state index is 12.9. The summed E-state index contributed by atoms with van der Waals surface area (Å²) in [5.74, 6) is -0.425. The van der Waals surface area contributed by atoms with E-state index in [-0.39, 0.29) is 5.57 Å². The summed E-state index contributed by atoms with van der Waals surface area (Å²) < 4.78 is 2.15. The standard InChI is InChI=1S/C28H23N3O/c1-20-11-9-10-16-26(20)30-28(32)24(19-29)18-23-17-21(2)31(25-14-7-4-8-15-25)27(23)22-12-5-3-6-13-22/h3-18H,1-2H3,(H,30,32)/b24-18-. The number of hydrogen-bond acceptors (Lipinski definition) is 2.